The highest BCUT2D eigenvalue weighted by atomic mass is 16.5. The first-order valence-corrected chi connectivity index (χ1v) is 6.58. The molecule has 1 saturated carbocycles. The molecule has 0 aromatic heterocycles. The third kappa shape index (κ3) is 2.15. The summed E-state index contributed by atoms with van der Waals surface area (Å²) in [7, 11) is 1.73. The summed E-state index contributed by atoms with van der Waals surface area (Å²) < 4.78 is 11.0. The van der Waals surface area contributed by atoms with Crippen LogP contribution in [0.15, 0.2) is 0 Å². The fraction of sp³-hybridized carbons (Fsp3) is 0.923. The van der Waals surface area contributed by atoms with Crippen molar-refractivity contribution in [3.63, 3.8) is 0 Å². The topological polar surface area (TPSA) is 59.6 Å². The lowest BCUT2D eigenvalue weighted by atomic mass is 9.56. The van der Waals surface area contributed by atoms with E-state index in [1.54, 1.807) is 7.11 Å². The van der Waals surface area contributed by atoms with Gasteiger partial charge in [0.15, 0.2) is 0 Å². The normalized spacial score (nSPS) is 38.9. The second-order valence-corrected chi connectivity index (χ2v) is 5.99. The molecule has 2 N–H and O–H groups in total. The molecule has 1 amide bonds. The van der Waals surface area contributed by atoms with Crippen molar-refractivity contribution in [2.45, 2.75) is 44.9 Å². The van der Waals surface area contributed by atoms with Crippen LogP contribution < -0.4 is 10.6 Å². The molecule has 1 heterocycles. The Labute approximate surface area is 109 Å². The number of amides is 1. The predicted octanol–water partition coefficient (Wildman–Crippen LogP) is 0.295. The van der Waals surface area contributed by atoms with Crippen LogP contribution >= 0.6 is 0 Å². The van der Waals surface area contributed by atoms with Crippen LogP contribution in [0.3, 0.4) is 0 Å². The van der Waals surface area contributed by atoms with Crippen molar-refractivity contribution in [1.82, 2.24) is 10.6 Å². The minimum Gasteiger partial charge on any atom is -0.378 e. The first-order chi connectivity index (χ1) is 8.40. The van der Waals surface area contributed by atoms with Gasteiger partial charge >= 0.3 is 0 Å². The smallest absolute Gasteiger partial charge is 0.250 e. The first-order valence-electron chi connectivity index (χ1n) is 6.58. The van der Waals surface area contributed by atoms with E-state index in [4.69, 9.17) is 9.47 Å². The molecule has 0 aromatic carbocycles. The largest absolute Gasteiger partial charge is 0.378 e. The SMILES string of the molecule is COC1(C)CC(NC(=O)C2CNCCO2)C1(C)C. The minimum atomic E-state index is -0.357. The van der Waals surface area contributed by atoms with Crippen LogP contribution in [0.1, 0.15) is 27.2 Å². The lowest BCUT2D eigenvalue weighted by Gasteiger charge is -2.59. The molecule has 5 heteroatoms. The van der Waals surface area contributed by atoms with Crippen molar-refractivity contribution in [2.75, 3.05) is 26.8 Å². The fourth-order valence-electron chi connectivity index (χ4n) is 2.72. The van der Waals surface area contributed by atoms with Crippen LogP contribution in [-0.2, 0) is 14.3 Å². The number of ether oxygens (including phenoxy) is 2. The summed E-state index contributed by atoms with van der Waals surface area (Å²) >= 11 is 0. The molecule has 3 unspecified atom stereocenters. The number of carbonyl (C=O) groups is 1. The summed E-state index contributed by atoms with van der Waals surface area (Å²) in [5, 5.41) is 6.24. The molecule has 18 heavy (non-hydrogen) atoms. The van der Waals surface area contributed by atoms with E-state index in [9.17, 15) is 4.79 Å². The van der Waals surface area contributed by atoms with Gasteiger partial charge < -0.3 is 20.1 Å². The summed E-state index contributed by atoms with van der Waals surface area (Å²) in [5.41, 5.74) is -0.212. The Kier molecular flexibility index (Phi) is 3.67. The lowest BCUT2D eigenvalue weighted by Crippen LogP contribution is -2.69. The van der Waals surface area contributed by atoms with Gasteiger partial charge in [0.2, 0.25) is 0 Å². The van der Waals surface area contributed by atoms with E-state index in [1.165, 1.54) is 0 Å². The van der Waals surface area contributed by atoms with Crippen LogP contribution in [0, 0.1) is 5.41 Å². The maximum atomic E-state index is 12.1. The van der Waals surface area contributed by atoms with Crippen molar-refractivity contribution in [1.29, 1.82) is 0 Å². The molecule has 1 saturated heterocycles. The quantitative estimate of drug-likeness (QED) is 0.762. The molecule has 5 nitrogen and oxygen atoms in total. The number of methoxy groups -OCH3 is 1. The molecule has 2 rings (SSSR count). The van der Waals surface area contributed by atoms with Gasteiger partial charge in [-0.25, -0.2) is 0 Å². The molecule has 2 fully saturated rings. The predicted molar refractivity (Wildman–Crippen MR) is 68.4 cm³/mol. The van der Waals surface area contributed by atoms with E-state index >= 15 is 0 Å². The second-order valence-electron chi connectivity index (χ2n) is 5.99. The van der Waals surface area contributed by atoms with Gasteiger partial charge in [-0.2, -0.15) is 0 Å². The Morgan fingerprint density at radius 3 is 2.67 bits per heavy atom. The molecule has 0 radical (unpaired) electrons. The van der Waals surface area contributed by atoms with Gasteiger partial charge in [-0.3, -0.25) is 4.79 Å². The Balaban J connectivity index is 1.89. The molecular formula is C13H24N2O3. The third-order valence-electron chi connectivity index (χ3n) is 4.81. The number of hydrogen-bond acceptors (Lipinski definition) is 4. The van der Waals surface area contributed by atoms with Crippen LogP contribution in [0.25, 0.3) is 0 Å². The summed E-state index contributed by atoms with van der Waals surface area (Å²) in [5.74, 6) is -0.0153. The highest BCUT2D eigenvalue weighted by Crippen LogP contribution is 2.51. The number of carbonyl (C=O) groups excluding carboxylic acids is 1. The Morgan fingerprint density at radius 1 is 1.44 bits per heavy atom. The zero-order chi connectivity index (χ0) is 13.4. The first kappa shape index (κ1) is 13.8. The van der Waals surface area contributed by atoms with Crippen LogP contribution in [-0.4, -0.2) is 50.5 Å². The number of hydrogen-bond donors (Lipinski definition) is 2. The van der Waals surface area contributed by atoms with E-state index < -0.39 is 0 Å². The summed E-state index contributed by atoms with van der Waals surface area (Å²) in [6.45, 7) is 8.37. The Hall–Kier alpha value is -0.650. The zero-order valence-electron chi connectivity index (χ0n) is 11.7. The van der Waals surface area contributed by atoms with E-state index in [1.807, 2.05) is 0 Å². The molecule has 104 valence electrons. The number of rotatable bonds is 3. The van der Waals surface area contributed by atoms with E-state index in [0.717, 1.165) is 13.0 Å². The Bertz CT molecular complexity index is 326. The van der Waals surface area contributed by atoms with Crippen molar-refractivity contribution >= 4 is 5.91 Å². The summed E-state index contributed by atoms with van der Waals surface area (Å²) in [6, 6.07) is 0.153. The second kappa shape index (κ2) is 4.79. The molecule has 1 aliphatic heterocycles. The van der Waals surface area contributed by atoms with Gasteiger partial charge in [0.1, 0.15) is 6.10 Å². The van der Waals surface area contributed by atoms with Gasteiger partial charge in [-0.05, 0) is 13.3 Å². The maximum absolute atomic E-state index is 12.1. The molecule has 2 aliphatic rings. The fourth-order valence-corrected chi connectivity index (χ4v) is 2.72. The van der Waals surface area contributed by atoms with Gasteiger partial charge in [0.25, 0.3) is 5.91 Å². The molecular weight excluding hydrogens is 232 g/mol. The van der Waals surface area contributed by atoms with Crippen molar-refractivity contribution in [3.05, 3.63) is 0 Å². The molecule has 3 atom stereocenters. The average molecular weight is 256 g/mol. The molecule has 0 aromatic rings. The highest BCUT2D eigenvalue weighted by Gasteiger charge is 2.58. The van der Waals surface area contributed by atoms with Crippen LogP contribution in [0.5, 0.6) is 0 Å². The average Bonchev–Trinajstić information content (AvgIpc) is 2.38. The molecule has 0 spiro atoms. The van der Waals surface area contributed by atoms with Crippen LogP contribution in [0.2, 0.25) is 0 Å². The van der Waals surface area contributed by atoms with E-state index in [2.05, 4.69) is 31.4 Å². The molecule has 1 aliphatic carbocycles. The highest BCUT2D eigenvalue weighted by molar-refractivity contribution is 5.81. The van der Waals surface area contributed by atoms with E-state index in [-0.39, 0.29) is 29.1 Å². The molecule has 0 bridgehead atoms. The number of nitrogens with one attached hydrogen (secondary N) is 2. The van der Waals surface area contributed by atoms with Crippen molar-refractivity contribution in [2.24, 2.45) is 5.41 Å². The van der Waals surface area contributed by atoms with Gasteiger partial charge in [0, 0.05) is 31.7 Å². The monoisotopic (exact) mass is 256 g/mol. The maximum Gasteiger partial charge on any atom is 0.250 e. The van der Waals surface area contributed by atoms with Gasteiger partial charge in [0.05, 0.1) is 12.2 Å². The zero-order valence-corrected chi connectivity index (χ0v) is 11.7. The Morgan fingerprint density at radius 2 is 2.17 bits per heavy atom. The minimum absolute atomic E-state index is 0.0153. The van der Waals surface area contributed by atoms with Gasteiger partial charge in [-0.15, -0.1) is 0 Å². The third-order valence-corrected chi connectivity index (χ3v) is 4.81. The lowest BCUT2D eigenvalue weighted by molar-refractivity contribution is -0.184. The van der Waals surface area contributed by atoms with Gasteiger partial charge in [-0.1, -0.05) is 13.8 Å². The number of morpholine rings is 1. The summed E-state index contributed by atoms with van der Waals surface area (Å²) in [6.07, 6.45) is 0.492. The van der Waals surface area contributed by atoms with E-state index in [0.29, 0.717) is 13.2 Å². The summed E-state index contributed by atoms with van der Waals surface area (Å²) in [4.78, 5) is 12.1. The van der Waals surface area contributed by atoms with Crippen molar-refractivity contribution in [3.8, 4) is 0 Å². The van der Waals surface area contributed by atoms with Crippen molar-refractivity contribution < 1.29 is 14.3 Å². The van der Waals surface area contributed by atoms with Crippen LogP contribution in [0.4, 0.5) is 0 Å². The standard InChI is InChI=1S/C13H24N2O3/c1-12(2)10(7-13(12,3)17-4)15-11(16)9-8-14-5-6-18-9/h9-10,14H,5-8H2,1-4H3,(H,15,16).